The van der Waals surface area contributed by atoms with Crippen LogP contribution in [0.15, 0.2) is 95.7 Å². The predicted molar refractivity (Wildman–Crippen MR) is 134 cm³/mol. The molecule has 5 rings (SSSR count). The zero-order chi connectivity index (χ0) is 22.1. The Morgan fingerprint density at radius 3 is 2.50 bits per heavy atom. The van der Waals surface area contributed by atoms with Crippen molar-refractivity contribution in [2.75, 3.05) is 12.0 Å². The molecular weight excluding hydrogens is 484 g/mol. The molecule has 0 aliphatic carbocycles. The molecule has 32 heavy (non-hydrogen) atoms. The molecular formula is C25H21BrN4OS. The smallest absolute Gasteiger partial charge is 0.174 e. The second kappa shape index (κ2) is 8.76. The number of hydrogen-bond donors (Lipinski definition) is 1. The molecule has 1 N–H and O–H groups in total. The average molecular weight is 505 g/mol. The zero-order valence-corrected chi connectivity index (χ0v) is 19.8. The molecule has 1 saturated heterocycles. The van der Waals surface area contributed by atoms with Gasteiger partial charge in [0.2, 0.25) is 0 Å². The number of nitrogens with one attached hydrogen (secondary N) is 1. The van der Waals surface area contributed by atoms with Crippen molar-refractivity contribution >= 4 is 38.9 Å². The number of thiocarbonyl (C=S) groups is 1. The van der Waals surface area contributed by atoms with Crippen LogP contribution in [0.4, 0.5) is 5.69 Å². The lowest BCUT2D eigenvalue weighted by Crippen LogP contribution is -2.30. The third-order valence-electron chi connectivity index (χ3n) is 5.63. The van der Waals surface area contributed by atoms with Gasteiger partial charge in [-0.3, -0.25) is 4.98 Å². The van der Waals surface area contributed by atoms with E-state index in [1.807, 2.05) is 54.7 Å². The number of rotatable bonds is 5. The number of aromatic nitrogens is 2. The van der Waals surface area contributed by atoms with Gasteiger partial charge in [0, 0.05) is 28.2 Å². The van der Waals surface area contributed by atoms with Crippen molar-refractivity contribution in [3.63, 3.8) is 0 Å². The summed E-state index contributed by atoms with van der Waals surface area (Å²) in [7, 11) is 1.69. The highest BCUT2D eigenvalue weighted by molar-refractivity contribution is 9.10. The maximum absolute atomic E-state index is 5.83. The number of halogens is 1. The van der Waals surface area contributed by atoms with E-state index >= 15 is 0 Å². The van der Waals surface area contributed by atoms with Crippen molar-refractivity contribution in [2.45, 2.75) is 12.1 Å². The van der Waals surface area contributed by atoms with Gasteiger partial charge in [-0.15, -0.1) is 0 Å². The van der Waals surface area contributed by atoms with Gasteiger partial charge in [-0.1, -0.05) is 34.1 Å². The Bertz CT molecular complexity index is 1240. The molecule has 5 nitrogen and oxygen atoms in total. The highest BCUT2D eigenvalue weighted by Crippen LogP contribution is 2.43. The second-order valence-electron chi connectivity index (χ2n) is 7.45. The Kier molecular flexibility index (Phi) is 5.68. The van der Waals surface area contributed by atoms with Crippen LogP contribution in [0.3, 0.4) is 0 Å². The van der Waals surface area contributed by atoms with E-state index in [1.54, 1.807) is 7.11 Å². The minimum absolute atomic E-state index is 0.113. The third kappa shape index (κ3) is 3.67. The molecule has 4 aromatic rings. The Balaban J connectivity index is 1.68. The van der Waals surface area contributed by atoms with E-state index in [0.29, 0.717) is 5.11 Å². The van der Waals surface area contributed by atoms with Gasteiger partial charge >= 0.3 is 0 Å². The quantitative estimate of drug-likeness (QED) is 0.346. The van der Waals surface area contributed by atoms with Crippen LogP contribution in [-0.4, -0.2) is 21.8 Å². The van der Waals surface area contributed by atoms with E-state index in [9.17, 15) is 0 Å². The molecule has 1 aliphatic heterocycles. The van der Waals surface area contributed by atoms with Crippen LogP contribution >= 0.6 is 28.1 Å². The number of nitrogens with zero attached hydrogens (tertiary/aromatic N) is 3. The Morgan fingerprint density at radius 2 is 1.75 bits per heavy atom. The van der Waals surface area contributed by atoms with Gasteiger partial charge in [-0.25, -0.2) is 0 Å². The molecule has 0 amide bonds. The van der Waals surface area contributed by atoms with Crippen LogP contribution in [0, 0.1) is 0 Å². The lowest BCUT2D eigenvalue weighted by atomic mass is 10.0. The number of benzene rings is 2. The van der Waals surface area contributed by atoms with Crippen LogP contribution < -0.4 is 15.0 Å². The first-order chi connectivity index (χ1) is 15.7. The van der Waals surface area contributed by atoms with Crippen LogP contribution in [-0.2, 0) is 0 Å². The molecule has 160 valence electrons. The Morgan fingerprint density at radius 1 is 0.969 bits per heavy atom. The lowest BCUT2D eigenvalue weighted by molar-refractivity contribution is 0.412. The molecule has 2 aromatic carbocycles. The summed E-state index contributed by atoms with van der Waals surface area (Å²) >= 11 is 9.37. The molecule has 0 spiro atoms. The third-order valence-corrected chi connectivity index (χ3v) is 6.47. The number of anilines is 1. The van der Waals surface area contributed by atoms with E-state index in [1.165, 1.54) is 0 Å². The maximum Gasteiger partial charge on any atom is 0.174 e. The van der Waals surface area contributed by atoms with Gasteiger partial charge < -0.3 is 19.5 Å². The predicted octanol–water partition coefficient (Wildman–Crippen LogP) is 5.82. The summed E-state index contributed by atoms with van der Waals surface area (Å²) in [6.45, 7) is 0. The van der Waals surface area contributed by atoms with Gasteiger partial charge in [0.15, 0.2) is 5.11 Å². The number of ether oxygens (including phenoxy) is 1. The first-order valence-electron chi connectivity index (χ1n) is 10.2. The zero-order valence-electron chi connectivity index (χ0n) is 17.4. The van der Waals surface area contributed by atoms with Crippen LogP contribution in [0.1, 0.15) is 23.5 Å². The van der Waals surface area contributed by atoms with Gasteiger partial charge in [-0.05, 0) is 72.9 Å². The fraction of sp³-hybridized carbons (Fsp3) is 0.120. The van der Waals surface area contributed by atoms with E-state index in [-0.39, 0.29) is 12.1 Å². The number of hydrogen-bond acceptors (Lipinski definition) is 3. The van der Waals surface area contributed by atoms with Crippen molar-refractivity contribution in [1.29, 1.82) is 0 Å². The van der Waals surface area contributed by atoms with E-state index in [4.69, 9.17) is 17.0 Å². The van der Waals surface area contributed by atoms with Gasteiger partial charge in [-0.2, -0.15) is 0 Å². The Labute approximate surface area is 200 Å². The molecule has 3 heterocycles. The first-order valence-corrected chi connectivity index (χ1v) is 11.4. The van der Waals surface area contributed by atoms with E-state index < -0.39 is 0 Å². The Hall–Kier alpha value is -3.16. The maximum atomic E-state index is 5.83. The van der Waals surface area contributed by atoms with Crippen LogP contribution in [0.2, 0.25) is 0 Å². The highest BCUT2D eigenvalue weighted by Gasteiger charge is 2.42. The average Bonchev–Trinajstić information content (AvgIpc) is 3.44. The summed E-state index contributed by atoms with van der Waals surface area (Å²) in [5, 5.41) is 4.18. The van der Waals surface area contributed by atoms with Crippen LogP contribution in [0.5, 0.6) is 5.75 Å². The molecule has 1 aliphatic rings. The first kappa shape index (κ1) is 20.7. The second-order valence-corrected chi connectivity index (χ2v) is 8.75. The molecule has 0 saturated carbocycles. The van der Waals surface area contributed by atoms with Crippen LogP contribution in [0.25, 0.3) is 5.69 Å². The molecule has 1 fully saturated rings. The van der Waals surface area contributed by atoms with E-state index in [2.05, 4.69) is 72.2 Å². The largest absolute Gasteiger partial charge is 0.495 e. The highest BCUT2D eigenvalue weighted by atomic mass is 79.9. The van der Waals surface area contributed by atoms with E-state index in [0.717, 1.165) is 33.0 Å². The van der Waals surface area contributed by atoms with Gasteiger partial charge in [0.05, 0.1) is 24.5 Å². The SMILES string of the molecule is COc1ccccc1-n1cccc1[C@@H]1[C@@H](c2ccccn2)NC(=S)N1c1ccc(Br)cc1. The summed E-state index contributed by atoms with van der Waals surface area (Å²) in [4.78, 5) is 6.81. The van der Waals surface area contributed by atoms with Crippen molar-refractivity contribution in [3.05, 3.63) is 107 Å². The summed E-state index contributed by atoms with van der Waals surface area (Å²) in [6, 6.07) is 26.2. The summed E-state index contributed by atoms with van der Waals surface area (Å²) < 4.78 is 8.84. The standard InChI is InChI=1S/C25H21BrN4OS/c1-31-22-10-3-2-8-20(22)29-16-6-9-21(29)24-23(19-7-4-5-15-27-19)28-25(32)30(24)18-13-11-17(26)12-14-18/h2-16,23-24H,1H3,(H,28,32)/t23-,24-/m1/s1. The molecule has 0 radical (unpaired) electrons. The molecule has 2 atom stereocenters. The summed E-state index contributed by atoms with van der Waals surface area (Å²) in [6.07, 6.45) is 3.88. The van der Waals surface area contributed by atoms with Crippen molar-refractivity contribution < 1.29 is 4.74 Å². The number of pyridine rings is 1. The minimum Gasteiger partial charge on any atom is -0.495 e. The van der Waals surface area contributed by atoms with Gasteiger partial charge in [0.1, 0.15) is 11.8 Å². The lowest BCUT2D eigenvalue weighted by Gasteiger charge is -2.29. The van der Waals surface area contributed by atoms with Crippen molar-refractivity contribution in [3.8, 4) is 11.4 Å². The van der Waals surface area contributed by atoms with Crippen molar-refractivity contribution in [1.82, 2.24) is 14.9 Å². The summed E-state index contributed by atoms with van der Waals surface area (Å²) in [5.41, 5.74) is 4.01. The fourth-order valence-corrected chi connectivity index (χ4v) is 4.83. The molecule has 2 aromatic heterocycles. The topological polar surface area (TPSA) is 42.3 Å². The number of para-hydroxylation sites is 2. The minimum atomic E-state index is -0.115. The molecule has 7 heteroatoms. The molecule has 0 unspecified atom stereocenters. The normalized spacial score (nSPS) is 17.9. The number of methoxy groups -OCH3 is 1. The van der Waals surface area contributed by atoms with Crippen molar-refractivity contribution in [2.24, 2.45) is 0 Å². The van der Waals surface area contributed by atoms with Gasteiger partial charge in [0.25, 0.3) is 0 Å². The molecule has 0 bridgehead atoms. The fourth-order valence-electron chi connectivity index (χ4n) is 4.22. The summed E-state index contributed by atoms with van der Waals surface area (Å²) in [5.74, 6) is 0.808. The monoisotopic (exact) mass is 504 g/mol.